The molecule has 2 aliphatic heterocycles. The Kier molecular flexibility index (Phi) is 3.40. The Balaban J connectivity index is 1.66. The van der Waals surface area contributed by atoms with Crippen molar-refractivity contribution in [1.29, 1.82) is 0 Å². The van der Waals surface area contributed by atoms with Crippen LogP contribution in [0.2, 0.25) is 0 Å². The molecule has 2 saturated heterocycles. The van der Waals surface area contributed by atoms with E-state index in [1.165, 1.54) is 4.90 Å². The van der Waals surface area contributed by atoms with Crippen LogP contribution >= 0.6 is 0 Å². The van der Waals surface area contributed by atoms with Crippen LogP contribution in [0.4, 0.5) is 10.6 Å². The van der Waals surface area contributed by atoms with Crippen LogP contribution in [0.3, 0.4) is 0 Å². The number of imide groups is 1. The molecular weight excluding hydrogens is 304 g/mol. The first-order valence-corrected chi connectivity index (χ1v) is 8.33. The van der Waals surface area contributed by atoms with Gasteiger partial charge in [-0.2, -0.15) is 0 Å². The third-order valence-electron chi connectivity index (χ3n) is 4.91. The van der Waals surface area contributed by atoms with E-state index >= 15 is 0 Å². The number of amides is 3. The zero-order valence-electron chi connectivity index (χ0n) is 13.9. The van der Waals surface area contributed by atoms with Crippen LogP contribution in [-0.2, 0) is 4.79 Å². The largest absolute Gasteiger partial charge is 0.352 e. The van der Waals surface area contributed by atoms with Gasteiger partial charge in [-0.1, -0.05) is 18.2 Å². The van der Waals surface area contributed by atoms with Crippen molar-refractivity contribution >= 4 is 28.7 Å². The van der Waals surface area contributed by atoms with Gasteiger partial charge in [0.05, 0.1) is 5.52 Å². The van der Waals surface area contributed by atoms with Crippen molar-refractivity contribution in [3.8, 4) is 0 Å². The summed E-state index contributed by atoms with van der Waals surface area (Å²) in [6, 6.07) is 9.61. The maximum Gasteiger partial charge on any atom is 0.327 e. The molecule has 2 fully saturated rings. The minimum atomic E-state index is -0.390. The Bertz CT molecular complexity index is 835. The molecule has 0 aliphatic carbocycles. The Hall–Kier alpha value is -2.63. The first-order valence-electron chi connectivity index (χ1n) is 8.33. The summed E-state index contributed by atoms with van der Waals surface area (Å²) < 4.78 is 0. The molecule has 4 rings (SSSR count). The lowest BCUT2D eigenvalue weighted by atomic mass is 10.1. The van der Waals surface area contributed by atoms with Gasteiger partial charge in [-0.25, -0.2) is 9.78 Å². The number of pyridine rings is 1. The molecule has 2 aliphatic rings. The zero-order valence-corrected chi connectivity index (χ0v) is 13.9. The molecule has 3 heterocycles. The molecular formula is C18H20N4O2. The highest BCUT2D eigenvalue weighted by Gasteiger charge is 2.47. The minimum absolute atomic E-state index is 0.0920. The quantitative estimate of drug-likeness (QED) is 0.793. The highest BCUT2D eigenvalue weighted by atomic mass is 16.2. The lowest BCUT2D eigenvalue weighted by Gasteiger charge is -2.36. The van der Waals surface area contributed by atoms with Crippen LogP contribution in [0.15, 0.2) is 30.3 Å². The van der Waals surface area contributed by atoms with Crippen molar-refractivity contribution in [2.24, 2.45) is 0 Å². The number of fused-ring (bicyclic) bond motifs is 2. The summed E-state index contributed by atoms with van der Waals surface area (Å²) >= 11 is 0. The molecule has 1 aromatic heterocycles. The second-order valence-electron chi connectivity index (χ2n) is 6.34. The van der Waals surface area contributed by atoms with Crippen LogP contribution < -0.4 is 4.90 Å². The van der Waals surface area contributed by atoms with Gasteiger partial charge in [0.15, 0.2) is 0 Å². The Morgan fingerprint density at radius 2 is 2.00 bits per heavy atom. The van der Waals surface area contributed by atoms with Gasteiger partial charge in [-0.3, -0.25) is 9.69 Å². The molecule has 0 N–H and O–H groups in total. The summed E-state index contributed by atoms with van der Waals surface area (Å²) in [6.07, 6.45) is 0. The molecule has 3 amide bonds. The Morgan fingerprint density at radius 1 is 1.21 bits per heavy atom. The van der Waals surface area contributed by atoms with Crippen LogP contribution in [-0.4, -0.2) is 58.9 Å². The number of anilines is 1. The number of likely N-dealkylation sites (N-methyl/N-ethyl adjacent to an activating group) is 1. The number of piperazine rings is 1. The van der Waals surface area contributed by atoms with Gasteiger partial charge < -0.3 is 9.80 Å². The number of carbonyl (C=O) groups excluding carboxylic acids is 2. The van der Waals surface area contributed by atoms with Gasteiger partial charge in [0.2, 0.25) is 0 Å². The van der Waals surface area contributed by atoms with E-state index < -0.39 is 0 Å². The standard InChI is InChI=1S/C18H20N4O2/c1-3-21-17(23)15-11-20(8-9-22(15)18(21)24)16-12(2)10-13-6-4-5-7-14(13)19-16/h4-7,10,15H,3,8-9,11H2,1-2H3. The molecule has 0 radical (unpaired) electrons. The van der Waals surface area contributed by atoms with Crippen LogP contribution in [0, 0.1) is 6.92 Å². The van der Waals surface area contributed by atoms with E-state index in [1.54, 1.807) is 4.90 Å². The van der Waals surface area contributed by atoms with E-state index in [0.717, 1.165) is 22.3 Å². The first-order chi connectivity index (χ1) is 11.6. The van der Waals surface area contributed by atoms with E-state index in [4.69, 9.17) is 4.98 Å². The number of aromatic nitrogens is 1. The fraction of sp³-hybridized carbons (Fsp3) is 0.389. The Morgan fingerprint density at radius 3 is 2.79 bits per heavy atom. The molecule has 0 bridgehead atoms. The topological polar surface area (TPSA) is 56.8 Å². The lowest BCUT2D eigenvalue weighted by molar-refractivity contribution is -0.128. The summed E-state index contributed by atoms with van der Waals surface area (Å²) in [5, 5.41) is 1.11. The molecule has 24 heavy (non-hydrogen) atoms. The number of urea groups is 1. The summed E-state index contributed by atoms with van der Waals surface area (Å²) in [4.78, 5) is 34.7. The third-order valence-corrected chi connectivity index (χ3v) is 4.91. The summed E-state index contributed by atoms with van der Waals surface area (Å²) in [5.41, 5.74) is 2.04. The SMILES string of the molecule is CCN1C(=O)C2CN(c3nc4ccccc4cc3C)CCN2C1=O. The van der Waals surface area contributed by atoms with Crippen molar-refractivity contribution in [3.05, 3.63) is 35.9 Å². The molecule has 0 saturated carbocycles. The summed E-state index contributed by atoms with van der Waals surface area (Å²) in [6.45, 7) is 6.06. The van der Waals surface area contributed by atoms with Crippen LogP contribution in [0.5, 0.6) is 0 Å². The molecule has 1 atom stereocenters. The van der Waals surface area contributed by atoms with E-state index in [1.807, 2.05) is 32.0 Å². The van der Waals surface area contributed by atoms with Gasteiger partial charge in [0.25, 0.3) is 5.91 Å². The highest BCUT2D eigenvalue weighted by Crippen LogP contribution is 2.28. The Labute approximate surface area is 140 Å². The van der Waals surface area contributed by atoms with Crippen LogP contribution in [0.1, 0.15) is 12.5 Å². The number of benzene rings is 1. The fourth-order valence-corrected chi connectivity index (χ4v) is 3.67. The molecule has 0 spiro atoms. The van der Waals surface area contributed by atoms with E-state index in [2.05, 4.69) is 17.0 Å². The monoisotopic (exact) mass is 324 g/mol. The minimum Gasteiger partial charge on any atom is -0.352 e. The van der Waals surface area contributed by atoms with E-state index in [0.29, 0.717) is 26.2 Å². The van der Waals surface area contributed by atoms with Crippen molar-refractivity contribution in [2.75, 3.05) is 31.1 Å². The van der Waals surface area contributed by atoms with Crippen molar-refractivity contribution in [1.82, 2.24) is 14.8 Å². The van der Waals surface area contributed by atoms with Gasteiger partial charge in [-0.05, 0) is 31.5 Å². The zero-order chi connectivity index (χ0) is 16.8. The number of rotatable bonds is 2. The maximum absolute atomic E-state index is 12.5. The van der Waals surface area contributed by atoms with E-state index in [-0.39, 0.29) is 18.0 Å². The molecule has 6 nitrogen and oxygen atoms in total. The molecule has 124 valence electrons. The highest BCUT2D eigenvalue weighted by molar-refractivity contribution is 6.04. The normalized spacial score (nSPS) is 20.9. The number of hydrogen-bond acceptors (Lipinski definition) is 4. The third kappa shape index (κ3) is 2.13. The average molecular weight is 324 g/mol. The fourth-order valence-electron chi connectivity index (χ4n) is 3.67. The predicted octanol–water partition coefficient (Wildman–Crippen LogP) is 2.02. The maximum atomic E-state index is 12.5. The molecule has 6 heteroatoms. The first kappa shape index (κ1) is 14.9. The summed E-state index contributed by atoms with van der Waals surface area (Å²) in [5.74, 6) is 0.814. The predicted molar refractivity (Wildman–Crippen MR) is 92.0 cm³/mol. The van der Waals surface area contributed by atoms with Crippen molar-refractivity contribution in [3.63, 3.8) is 0 Å². The smallest absolute Gasteiger partial charge is 0.327 e. The molecule has 1 aromatic carbocycles. The van der Waals surface area contributed by atoms with Crippen LogP contribution in [0.25, 0.3) is 10.9 Å². The number of para-hydroxylation sites is 1. The van der Waals surface area contributed by atoms with E-state index in [9.17, 15) is 9.59 Å². The average Bonchev–Trinajstić information content (AvgIpc) is 2.84. The molecule has 1 unspecified atom stereocenters. The van der Waals surface area contributed by atoms with Gasteiger partial charge in [0.1, 0.15) is 11.9 Å². The second-order valence-corrected chi connectivity index (χ2v) is 6.34. The van der Waals surface area contributed by atoms with Gasteiger partial charge in [-0.15, -0.1) is 0 Å². The second kappa shape index (κ2) is 5.47. The van der Waals surface area contributed by atoms with Gasteiger partial charge >= 0.3 is 6.03 Å². The molecule has 2 aromatic rings. The number of hydrogen-bond donors (Lipinski definition) is 0. The van der Waals surface area contributed by atoms with Gasteiger partial charge in [0, 0.05) is 31.6 Å². The number of nitrogens with zero attached hydrogens (tertiary/aromatic N) is 4. The lowest BCUT2D eigenvalue weighted by Crippen LogP contribution is -2.53. The van der Waals surface area contributed by atoms with Crippen molar-refractivity contribution < 1.29 is 9.59 Å². The number of carbonyl (C=O) groups is 2. The van der Waals surface area contributed by atoms with Crippen molar-refractivity contribution in [2.45, 2.75) is 19.9 Å². The number of aryl methyl sites for hydroxylation is 1. The summed E-state index contributed by atoms with van der Waals surface area (Å²) in [7, 11) is 0.